The van der Waals surface area contributed by atoms with Gasteiger partial charge in [0.15, 0.2) is 0 Å². The molecule has 0 aliphatic carbocycles. The Balaban J connectivity index is 3.17. The molecule has 1 rings (SSSR count). The first-order valence-electron chi connectivity index (χ1n) is 3.29. The Morgan fingerprint density at radius 2 is 2.08 bits per heavy atom. The molecule has 0 fully saturated rings. The van der Waals surface area contributed by atoms with Crippen LogP contribution in [-0.2, 0) is 11.2 Å². The molecule has 0 saturated heterocycles. The van der Waals surface area contributed by atoms with Crippen LogP contribution < -0.4 is 0 Å². The van der Waals surface area contributed by atoms with Crippen LogP contribution in [0.25, 0.3) is 0 Å². The van der Waals surface area contributed by atoms with Crippen molar-refractivity contribution in [3.8, 4) is 11.5 Å². The molecular weight excluding hydrogens is 180 g/mol. The smallest absolute Gasteiger partial charge is 0.138 e. The van der Waals surface area contributed by atoms with Gasteiger partial charge in [-0.1, -0.05) is 11.6 Å². The van der Waals surface area contributed by atoms with Crippen LogP contribution in [0, 0.1) is 0 Å². The van der Waals surface area contributed by atoms with Crippen molar-refractivity contribution in [2.24, 2.45) is 0 Å². The molecule has 0 bridgehead atoms. The molecule has 0 spiro atoms. The maximum Gasteiger partial charge on any atom is 0.138 e. The number of phenols is 2. The lowest BCUT2D eigenvalue weighted by atomic mass is 10.1. The van der Waals surface area contributed by atoms with E-state index >= 15 is 0 Å². The van der Waals surface area contributed by atoms with Crippen LogP contribution >= 0.6 is 11.6 Å². The number of rotatable bonds is 2. The molecule has 0 amide bonds. The summed E-state index contributed by atoms with van der Waals surface area (Å²) < 4.78 is 0. The topological polar surface area (TPSA) is 57.5 Å². The van der Waals surface area contributed by atoms with Crippen LogP contribution in [0.1, 0.15) is 5.56 Å². The fourth-order valence-electron chi connectivity index (χ4n) is 0.885. The van der Waals surface area contributed by atoms with Crippen molar-refractivity contribution in [3.63, 3.8) is 0 Å². The average Bonchev–Trinajstić information content (AvgIpc) is 2.00. The first kappa shape index (κ1) is 8.87. The first-order valence-corrected chi connectivity index (χ1v) is 3.67. The summed E-state index contributed by atoms with van der Waals surface area (Å²) in [5.74, 6) is -0.212. The summed E-state index contributed by atoms with van der Waals surface area (Å²) >= 11 is 5.53. The minimum Gasteiger partial charge on any atom is -0.508 e. The molecule has 0 aliphatic rings. The zero-order valence-electron chi connectivity index (χ0n) is 6.12. The van der Waals surface area contributed by atoms with Gasteiger partial charge in [-0.3, -0.25) is 0 Å². The largest absolute Gasteiger partial charge is 0.508 e. The number of carbonyl (C=O) groups is 1. The average molecular weight is 187 g/mol. The fourth-order valence-corrected chi connectivity index (χ4v) is 1.12. The number of carbonyl (C=O) groups excluding carboxylic acids is 1. The minimum atomic E-state index is -0.151. The van der Waals surface area contributed by atoms with E-state index in [1.807, 2.05) is 0 Å². The highest BCUT2D eigenvalue weighted by Gasteiger charge is 2.06. The molecular formula is C8H7ClO3. The van der Waals surface area contributed by atoms with Crippen LogP contribution in [0.3, 0.4) is 0 Å². The number of aromatic hydroxyl groups is 2. The molecule has 64 valence electrons. The van der Waals surface area contributed by atoms with Gasteiger partial charge >= 0.3 is 0 Å². The van der Waals surface area contributed by atoms with Gasteiger partial charge in [0.2, 0.25) is 0 Å². The molecule has 0 aliphatic heterocycles. The van der Waals surface area contributed by atoms with E-state index in [4.69, 9.17) is 16.7 Å². The molecule has 0 heterocycles. The van der Waals surface area contributed by atoms with Crippen molar-refractivity contribution in [1.82, 2.24) is 0 Å². The van der Waals surface area contributed by atoms with Gasteiger partial charge in [0, 0.05) is 18.1 Å². The molecule has 0 radical (unpaired) electrons. The van der Waals surface area contributed by atoms with Crippen molar-refractivity contribution in [2.45, 2.75) is 6.42 Å². The second-order valence-corrected chi connectivity index (χ2v) is 2.71. The van der Waals surface area contributed by atoms with Crippen molar-refractivity contribution in [1.29, 1.82) is 0 Å². The fraction of sp³-hybridized carbons (Fsp3) is 0.125. The third kappa shape index (κ3) is 1.68. The van der Waals surface area contributed by atoms with Crippen molar-refractivity contribution in [2.75, 3.05) is 0 Å². The molecule has 0 atom stereocenters. The number of halogens is 1. The monoisotopic (exact) mass is 186 g/mol. The van der Waals surface area contributed by atoms with Gasteiger partial charge in [0.05, 0.1) is 5.02 Å². The third-order valence-electron chi connectivity index (χ3n) is 1.43. The molecule has 0 aromatic heterocycles. The van der Waals surface area contributed by atoms with E-state index in [2.05, 4.69) is 0 Å². The standard InChI is InChI=1S/C8H7ClO3/c9-7-4-6(11)3-5(1-2-10)8(7)12/h2-4,11-12H,1H2. The van der Waals surface area contributed by atoms with Crippen LogP contribution in [0.15, 0.2) is 12.1 Å². The molecule has 1 aromatic rings. The van der Waals surface area contributed by atoms with E-state index in [0.717, 1.165) is 0 Å². The molecule has 2 N–H and O–H groups in total. The van der Waals surface area contributed by atoms with Crippen molar-refractivity contribution < 1.29 is 15.0 Å². The first-order chi connectivity index (χ1) is 5.65. The molecule has 1 aromatic carbocycles. The van der Waals surface area contributed by atoms with Gasteiger partial charge < -0.3 is 15.0 Å². The maximum absolute atomic E-state index is 10.1. The zero-order valence-corrected chi connectivity index (χ0v) is 6.88. The summed E-state index contributed by atoms with van der Waals surface area (Å²) in [6.45, 7) is 0. The Morgan fingerprint density at radius 3 is 2.67 bits per heavy atom. The summed E-state index contributed by atoms with van der Waals surface area (Å²) in [5, 5.41) is 18.3. The highest BCUT2D eigenvalue weighted by atomic mass is 35.5. The second-order valence-electron chi connectivity index (χ2n) is 2.31. The molecule has 4 heteroatoms. The summed E-state index contributed by atoms with van der Waals surface area (Å²) in [5.41, 5.74) is 0.329. The van der Waals surface area contributed by atoms with E-state index in [9.17, 15) is 9.90 Å². The zero-order chi connectivity index (χ0) is 9.14. The summed E-state index contributed by atoms with van der Waals surface area (Å²) in [6.07, 6.45) is 0.671. The van der Waals surface area contributed by atoms with Gasteiger partial charge in [-0.05, 0) is 6.07 Å². The summed E-state index contributed by atoms with van der Waals surface area (Å²) in [6, 6.07) is 2.51. The van der Waals surface area contributed by atoms with Gasteiger partial charge in [-0.2, -0.15) is 0 Å². The van der Waals surface area contributed by atoms with Crippen molar-refractivity contribution in [3.05, 3.63) is 22.7 Å². The van der Waals surface area contributed by atoms with Gasteiger partial charge in [-0.25, -0.2) is 0 Å². The van der Waals surface area contributed by atoms with Crippen molar-refractivity contribution >= 4 is 17.9 Å². The Morgan fingerprint density at radius 1 is 1.42 bits per heavy atom. The van der Waals surface area contributed by atoms with Gasteiger partial charge in [0.25, 0.3) is 0 Å². The Hall–Kier alpha value is -1.22. The quantitative estimate of drug-likeness (QED) is 0.544. The molecule has 0 unspecified atom stereocenters. The number of hydrogen-bond donors (Lipinski definition) is 2. The number of aldehydes is 1. The van der Waals surface area contributed by atoms with Crippen LogP contribution in [0.4, 0.5) is 0 Å². The lowest BCUT2D eigenvalue weighted by Gasteiger charge is -2.03. The van der Waals surface area contributed by atoms with E-state index in [0.29, 0.717) is 11.8 Å². The van der Waals surface area contributed by atoms with Crippen LogP contribution in [0.2, 0.25) is 5.02 Å². The summed E-state index contributed by atoms with van der Waals surface area (Å²) in [7, 11) is 0. The van der Waals surface area contributed by atoms with Gasteiger partial charge in [0.1, 0.15) is 17.8 Å². The lowest BCUT2D eigenvalue weighted by molar-refractivity contribution is -0.107. The molecule has 12 heavy (non-hydrogen) atoms. The Kier molecular flexibility index (Phi) is 2.55. The predicted molar refractivity (Wildman–Crippen MR) is 44.5 cm³/mol. The van der Waals surface area contributed by atoms with Crippen LogP contribution in [-0.4, -0.2) is 16.5 Å². The van der Waals surface area contributed by atoms with E-state index in [1.54, 1.807) is 0 Å². The number of phenolic OH excluding ortho intramolecular Hbond substituents is 2. The predicted octanol–water partition coefficient (Wildman–Crippen LogP) is 1.49. The Labute approximate surface area is 74.2 Å². The maximum atomic E-state index is 10.1. The van der Waals surface area contributed by atoms with E-state index < -0.39 is 0 Å². The highest BCUT2D eigenvalue weighted by Crippen LogP contribution is 2.31. The normalized spacial score (nSPS) is 9.75. The third-order valence-corrected chi connectivity index (χ3v) is 1.72. The van der Waals surface area contributed by atoms with Gasteiger partial charge in [-0.15, -0.1) is 0 Å². The summed E-state index contributed by atoms with van der Waals surface area (Å²) in [4.78, 5) is 10.1. The lowest BCUT2D eigenvalue weighted by Crippen LogP contribution is -1.87. The number of hydrogen-bond acceptors (Lipinski definition) is 3. The Bertz CT molecular complexity index is 309. The number of benzene rings is 1. The van der Waals surface area contributed by atoms with E-state index in [1.165, 1.54) is 12.1 Å². The SMILES string of the molecule is O=CCc1cc(O)cc(Cl)c1O. The molecule has 3 nitrogen and oxygen atoms in total. The minimum absolute atomic E-state index is 0.0416. The van der Waals surface area contributed by atoms with Crippen LogP contribution in [0.5, 0.6) is 11.5 Å². The highest BCUT2D eigenvalue weighted by molar-refractivity contribution is 6.32. The second kappa shape index (κ2) is 3.45. The molecule has 0 saturated carbocycles. The van der Waals surface area contributed by atoms with E-state index in [-0.39, 0.29) is 22.9 Å².